The number of para-hydroxylation sites is 1. The van der Waals surface area contributed by atoms with Gasteiger partial charge in [0.05, 0.1) is 11.0 Å². The topological polar surface area (TPSA) is 29.5 Å². The van der Waals surface area contributed by atoms with Crippen molar-refractivity contribution in [1.29, 1.82) is 0 Å². The fourth-order valence-corrected chi connectivity index (χ4v) is 2.50. The second-order valence-electron chi connectivity index (χ2n) is 4.56. The third-order valence-corrected chi connectivity index (χ3v) is 3.69. The monoisotopic (exact) mass is 351 g/mol. The Morgan fingerprint density at radius 1 is 1.35 bits per heavy atom. The lowest BCUT2D eigenvalue weighted by Gasteiger charge is -2.33. The predicted molar refractivity (Wildman–Crippen MR) is 70.4 cm³/mol. The molecule has 1 amide bonds. The molecule has 0 unspecified atom stereocenters. The van der Waals surface area contributed by atoms with E-state index in [9.17, 15) is 18.0 Å². The summed E-state index contributed by atoms with van der Waals surface area (Å²) in [6.45, 7) is 0.0772. The van der Waals surface area contributed by atoms with E-state index in [1.807, 2.05) is 6.07 Å². The molecule has 0 spiro atoms. The van der Waals surface area contributed by atoms with Crippen molar-refractivity contribution in [2.75, 3.05) is 13.1 Å². The van der Waals surface area contributed by atoms with E-state index < -0.39 is 18.2 Å². The van der Waals surface area contributed by atoms with Gasteiger partial charge in [0, 0.05) is 6.54 Å². The summed E-state index contributed by atoms with van der Waals surface area (Å²) in [6, 6.07) is 7.12. The highest BCUT2D eigenvalue weighted by atomic mass is 79.9. The Balaban J connectivity index is 2.01. The fourth-order valence-electron chi connectivity index (χ4n) is 2.12. The van der Waals surface area contributed by atoms with E-state index in [1.54, 1.807) is 18.2 Å². The molecule has 0 N–H and O–H groups in total. The summed E-state index contributed by atoms with van der Waals surface area (Å²) in [4.78, 5) is 12.0. The number of carbonyl (C=O) groups excluding carboxylic acids is 1. The van der Waals surface area contributed by atoms with Gasteiger partial charge in [-0.2, -0.15) is 13.2 Å². The second kappa shape index (κ2) is 6.03. The number of carbonyl (C=O) groups is 1. The highest BCUT2D eigenvalue weighted by Gasteiger charge is 2.43. The van der Waals surface area contributed by atoms with Crippen molar-refractivity contribution >= 4 is 21.8 Å². The number of ether oxygens (including phenoxy) is 1. The van der Waals surface area contributed by atoms with E-state index >= 15 is 0 Å². The van der Waals surface area contributed by atoms with Crippen molar-refractivity contribution in [3.05, 3.63) is 28.7 Å². The minimum atomic E-state index is -4.82. The molecule has 1 saturated heterocycles. The fraction of sp³-hybridized carbons (Fsp3) is 0.462. The lowest BCUT2D eigenvalue weighted by atomic mass is 10.1. The van der Waals surface area contributed by atoms with Crippen molar-refractivity contribution in [3.8, 4) is 5.75 Å². The van der Waals surface area contributed by atoms with Crippen LogP contribution in [0.4, 0.5) is 13.2 Å². The first-order chi connectivity index (χ1) is 9.38. The third kappa shape index (κ3) is 3.65. The van der Waals surface area contributed by atoms with Gasteiger partial charge in [-0.1, -0.05) is 12.1 Å². The van der Waals surface area contributed by atoms with Crippen molar-refractivity contribution in [1.82, 2.24) is 4.90 Å². The number of hydrogen-bond acceptors (Lipinski definition) is 2. The summed E-state index contributed by atoms with van der Waals surface area (Å²) in [5.74, 6) is -1.23. The van der Waals surface area contributed by atoms with Crippen LogP contribution < -0.4 is 4.74 Å². The van der Waals surface area contributed by atoms with Crippen LogP contribution in [0.1, 0.15) is 12.8 Å². The summed E-state index contributed by atoms with van der Waals surface area (Å²) in [7, 11) is 0. The Morgan fingerprint density at radius 3 is 2.70 bits per heavy atom. The Kier molecular flexibility index (Phi) is 4.57. The van der Waals surface area contributed by atoms with Crippen molar-refractivity contribution in [3.63, 3.8) is 0 Å². The van der Waals surface area contributed by atoms with Gasteiger partial charge in [0.15, 0.2) is 0 Å². The van der Waals surface area contributed by atoms with Gasteiger partial charge in [-0.05, 0) is 40.9 Å². The Morgan fingerprint density at radius 2 is 2.05 bits per heavy atom. The van der Waals surface area contributed by atoms with Crippen LogP contribution in [0.15, 0.2) is 28.7 Å². The molecule has 110 valence electrons. The first-order valence-corrected chi connectivity index (χ1v) is 6.94. The molecule has 1 aromatic carbocycles. The maximum Gasteiger partial charge on any atom is 0.471 e. The molecule has 1 aliphatic heterocycles. The molecule has 0 aliphatic carbocycles. The molecule has 1 fully saturated rings. The summed E-state index contributed by atoms with van der Waals surface area (Å²) in [5.41, 5.74) is 0. The van der Waals surface area contributed by atoms with Crippen molar-refractivity contribution in [2.24, 2.45) is 0 Å². The SMILES string of the molecule is O=C(N1CCC[C@H](Oc2ccccc2Br)C1)C(F)(F)F. The van der Waals surface area contributed by atoms with Crippen LogP contribution in [-0.2, 0) is 4.79 Å². The maximum atomic E-state index is 12.4. The molecule has 0 bridgehead atoms. The lowest BCUT2D eigenvalue weighted by Crippen LogP contribution is -2.49. The zero-order chi connectivity index (χ0) is 14.8. The zero-order valence-corrected chi connectivity index (χ0v) is 12.1. The number of piperidine rings is 1. The number of likely N-dealkylation sites (tertiary alicyclic amines) is 1. The summed E-state index contributed by atoms with van der Waals surface area (Å²) in [6.07, 6.45) is -4.12. The first kappa shape index (κ1) is 15.2. The van der Waals surface area contributed by atoms with Crippen LogP contribution >= 0.6 is 15.9 Å². The van der Waals surface area contributed by atoms with Crippen LogP contribution in [0.25, 0.3) is 0 Å². The van der Waals surface area contributed by atoms with E-state index in [4.69, 9.17) is 4.74 Å². The number of nitrogens with zero attached hydrogens (tertiary/aromatic N) is 1. The van der Waals surface area contributed by atoms with Crippen LogP contribution in [-0.4, -0.2) is 36.2 Å². The van der Waals surface area contributed by atoms with Crippen molar-refractivity contribution < 1.29 is 22.7 Å². The zero-order valence-electron chi connectivity index (χ0n) is 10.5. The molecule has 0 saturated carbocycles. The Bertz CT molecular complexity index is 493. The van der Waals surface area contributed by atoms with Gasteiger partial charge in [0.1, 0.15) is 11.9 Å². The highest BCUT2D eigenvalue weighted by molar-refractivity contribution is 9.10. The number of alkyl halides is 3. The van der Waals surface area contributed by atoms with E-state index in [0.29, 0.717) is 18.6 Å². The molecular formula is C13H13BrF3NO2. The van der Waals surface area contributed by atoms with Crippen LogP contribution in [0.5, 0.6) is 5.75 Å². The minimum Gasteiger partial charge on any atom is -0.487 e. The Labute approximate surface area is 122 Å². The number of hydrogen-bond donors (Lipinski definition) is 0. The molecule has 2 rings (SSSR count). The second-order valence-corrected chi connectivity index (χ2v) is 5.42. The predicted octanol–water partition coefficient (Wildman–Crippen LogP) is 3.38. The molecule has 0 aromatic heterocycles. The molecule has 1 atom stereocenters. The van der Waals surface area contributed by atoms with Crippen LogP contribution in [0.3, 0.4) is 0 Å². The summed E-state index contributed by atoms with van der Waals surface area (Å²) in [5, 5.41) is 0. The molecule has 1 heterocycles. The van der Waals surface area contributed by atoms with Crippen molar-refractivity contribution in [2.45, 2.75) is 25.1 Å². The van der Waals surface area contributed by atoms with E-state index in [0.717, 1.165) is 9.37 Å². The standard InChI is InChI=1S/C13H13BrF3NO2/c14-10-5-1-2-6-11(10)20-9-4-3-7-18(8-9)12(19)13(15,16)17/h1-2,5-6,9H,3-4,7-8H2/t9-/m0/s1. The first-order valence-electron chi connectivity index (χ1n) is 6.15. The van der Waals surface area contributed by atoms with Gasteiger partial charge in [-0.25, -0.2) is 0 Å². The number of halogens is 4. The van der Waals surface area contributed by atoms with Gasteiger partial charge in [0.25, 0.3) is 0 Å². The molecule has 3 nitrogen and oxygen atoms in total. The lowest BCUT2D eigenvalue weighted by molar-refractivity contribution is -0.187. The highest BCUT2D eigenvalue weighted by Crippen LogP contribution is 2.28. The molecule has 1 aliphatic rings. The molecule has 7 heteroatoms. The molecule has 0 radical (unpaired) electrons. The smallest absolute Gasteiger partial charge is 0.471 e. The van der Waals surface area contributed by atoms with E-state index in [-0.39, 0.29) is 13.1 Å². The van der Waals surface area contributed by atoms with E-state index in [1.165, 1.54) is 0 Å². The van der Waals surface area contributed by atoms with Gasteiger partial charge < -0.3 is 9.64 Å². The van der Waals surface area contributed by atoms with E-state index in [2.05, 4.69) is 15.9 Å². The molecular weight excluding hydrogens is 339 g/mol. The quantitative estimate of drug-likeness (QED) is 0.817. The number of benzene rings is 1. The molecule has 20 heavy (non-hydrogen) atoms. The number of amides is 1. The summed E-state index contributed by atoms with van der Waals surface area (Å²) >= 11 is 3.31. The average molecular weight is 352 g/mol. The number of rotatable bonds is 2. The summed E-state index contributed by atoms with van der Waals surface area (Å²) < 4.78 is 43.6. The van der Waals surface area contributed by atoms with Gasteiger partial charge in [-0.3, -0.25) is 4.79 Å². The van der Waals surface area contributed by atoms with Crippen LogP contribution in [0, 0.1) is 0 Å². The maximum absolute atomic E-state index is 12.4. The third-order valence-electron chi connectivity index (χ3n) is 3.04. The van der Waals surface area contributed by atoms with Gasteiger partial charge in [-0.15, -0.1) is 0 Å². The van der Waals surface area contributed by atoms with Gasteiger partial charge in [0.2, 0.25) is 0 Å². The minimum absolute atomic E-state index is 0.0420. The van der Waals surface area contributed by atoms with Crippen LogP contribution in [0.2, 0.25) is 0 Å². The molecule has 1 aromatic rings. The normalized spacial score (nSPS) is 19.8. The largest absolute Gasteiger partial charge is 0.487 e. The van der Waals surface area contributed by atoms with Gasteiger partial charge >= 0.3 is 12.1 Å². The Hall–Kier alpha value is -1.24. The average Bonchev–Trinajstić information content (AvgIpc) is 2.40.